The number of aromatic nitrogens is 1. The van der Waals surface area contributed by atoms with Gasteiger partial charge in [0.2, 0.25) is 0 Å². The molecule has 3 aromatic rings. The summed E-state index contributed by atoms with van der Waals surface area (Å²) in [6.45, 7) is -0.108. The maximum Gasteiger partial charge on any atom is 0.259 e. The minimum Gasteiger partial charge on any atom is -0.392 e. The van der Waals surface area contributed by atoms with Crippen LogP contribution in [0, 0.1) is 5.82 Å². The highest BCUT2D eigenvalue weighted by Crippen LogP contribution is 2.20. The normalized spacial score (nSPS) is 10.3. The van der Waals surface area contributed by atoms with Crippen molar-refractivity contribution in [2.75, 3.05) is 10.6 Å². The van der Waals surface area contributed by atoms with Crippen molar-refractivity contribution in [3.05, 3.63) is 83.8 Å². The average molecular weight is 337 g/mol. The van der Waals surface area contributed by atoms with Crippen molar-refractivity contribution in [1.29, 1.82) is 0 Å². The monoisotopic (exact) mass is 337 g/mol. The lowest BCUT2D eigenvalue weighted by Crippen LogP contribution is -2.14. The summed E-state index contributed by atoms with van der Waals surface area (Å²) in [6.07, 6.45) is 1.55. The van der Waals surface area contributed by atoms with Gasteiger partial charge in [-0.1, -0.05) is 18.2 Å². The summed E-state index contributed by atoms with van der Waals surface area (Å²) in [5.41, 5.74) is 2.08. The molecular formula is C19H16FN3O2. The summed E-state index contributed by atoms with van der Waals surface area (Å²) in [4.78, 5) is 16.7. The average Bonchev–Trinajstić information content (AvgIpc) is 2.62. The van der Waals surface area contributed by atoms with Crippen molar-refractivity contribution in [3.63, 3.8) is 0 Å². The van der Waals surface area contributed by atoms with Crippen molar-refractivity contribution in [1.82, 2.24) is 4.98 Å². The summed E-state index contributed by atoms with van der Waals surface area (Å²) < 4.78 is 13.3. The second-order valence-electron chi connectivity index (χ2n) is 5.35. The van der Waals surface area contributed by atoms with Gasteiger partial charge in [0.05, 0.1) is 12.2 Å². The van der Waals surface area contributed by atoms with Crippen molar-refractivity contribution in [2.24, 2.45) is 0 Å². The van der Waals surface area contributed by atoms with Crippen LogP contribution in [0.3, 0.4) is 0 Å². The third-order valence-corrected chi connectivity index (χ3v) is 3.51. The standard InChI is InChI=1S/C19H16FN3O2/c20-14-5-2-7-16(11-14)22-18-17(8-3-9-21-18)19(25)23-15-6-1-4-13(10-15)12-24/h1-11,24H,12H2,(H,21,22)(H,23,25). The first-order valence-electron chi connectivity index (χ1n) is 7.64. The molecule has 126 valence electrons. The number of carbonyl (C=O) groups is 1. The van der Waals surface area contributed by atoms with Gasteiger partial charge in [0.1, 0.15) is 11.6 Å². The first kappa shape index (κ1) is 16.6. The molecule has 0 saturated heterocycles. The summed E-state index contributed by atoms with van der Waals surface area (Å²) in [5, 5.41) is 14.9. The van der Waals surface area contributed by atoms with E-state index < -0.39 is 0 Å². The molecule has 0 unspecified atom stereocenters. The van der Waals surface area contributed by atoms with Crippen molar-refractivity contribution in [2.45, 2.75) is 6.61 Å². The van der Waals surface area contributed by atoms with Crippen LogP contribution in [-0.2, 0) is 6.61 Å². The highest BCUT2D eigenvalue weighted by Gasteiger charge is 2.13. The summed E-state index contributed by atoms with van der Waals surface area (Å²) in [6, 6.07) is 16.1. The fourth-order valence-corrected chi connectivity index (χ4v) is 2.34. The van der Waals surface area contributed by atoms with Gasteiger partial charge in [-0.05, 0) is 48.0 Å². The lowest BCUT2D eigenvalue weighted by molar-refractivity contribution is 0.102. The minimum atomic E-state index is -0.382. The largest absolute Gasteiger partial charge is 0.392 e. The van der Waals surface area contributed by atoms with Crippen molar-refractivity contribution < 1.29 is 14.3 Å². The molecule has 25 heavy (non-hydrogen) atoms. The zero-order valence-electron chi connectivity index (χ0n) is 13.2. The second-order valence-corrected chi connectivity index (χ2v) is 5.35. The number of aliphatic hydroxyl groups is 1. The van der Waals surface area contributed by atoms with E-state index in [-0.39, 0.29) is 18.3 Å². The Labute approximate surface area is 144 Å². The predicted octanol–water partition coefficient (Wildman–Crippen LogP) is 3.71. The summed E-state index contributed by atoms with van der Waals surface area (Å²) >= 11 is 0. The Morgan fingerprint density at radius 3 is 2.64 bits per heavy atom. The molecule has 0 spiro atoms. The minimum absolute atomic E-state index is 0.108. The molecule has 0 fully saturated rings. The number of aliphatic hydroxyl groups excluding tert-OH is 1. The summed E-state index contributed by atoms with van der Waals surface area (Å²) in [5.74, 6) is -0.418. The Bertz CT molecular complexity index is 899. The molecule has 0 aliphatic heterocycles. The predicted molar refractivity (Wildman–Crippen MR) is 94.2 cm³/mol. The van der Waals surface area contributed by atoms with E-state index in [0.29, 0.717) is 28.3 Å². The zero-order valence-corrected chi connectivity index (χ0v) is 13.2. The Kier molecular flexibility index (Phi) is 5.01. The Balaban J connectivity index is 1.83. The van der Waals surface area contributed by atoms with E-state index in [1.54, 1.807) is 54.7 Å². The molecule has 3 rings (SSSR count). The molecule has 1 aromatic heterocycles. The number of halogens is 1. The smallest absolute Gasteiger partial charge is 0.259 e. The van der Waals surface area contributed by atoms with E-state index >= 15 is 0 Å². The van der Waals surface area contributed by atoms with Gasteiger partial charge in [-0.3, -0.25) is 4.79 Å². The van der Waals surface area contributed by atoms with Gasteiger partial charge in [-0.25, -0.2) is 9.37 Å². The number of amides is 1. The van der Waals surface area contributed by atoms with Gasteiger partial charge >= 0.3 is 0 Å². The van der Waals surface area contributed by atoms with Crippen LogP contribution in [-0.4, -0.2) is 16.0 Å². The molecule has 1 amide bonds. The molecule has 2 aromatic carbocycles. The van der Waals surface area contributed by atoms with E-state index in [2.05, 4.69) is 15.6 Å². The van der Waals surface area contributed by atoms with Gasteiger partial charge < -0.3 is 15.7 Å². The number of hydrogen-bond donors (Lipinski definition) is 3. The third-order valence-electron chi connectivity index (χ3n) is 3.51. The Hall–Kier alpha value is -3.25. The molecule has 0 radical (unpaired) electrons. The maximum atomic E-state index is 13.3. The molecule has 0 atom stereocenters. The Morgan fingerprint density at radius 1 is 1.04 bits per heavy atom. The van der Waals surface area contributed by atoms with Crippen LogP contribution in [0.2, 0.25) is 0 Å². The van der Waals surface area contributed by atoms with Crippen LogP contribution in [0.1, 0.15) is 15.9 Å². The maximum absolute atomic E-state index is 13.3. The number of nitrogens with zero attached hydrogens (tertiary/aromatic N) is 1. The SMILES string of the molecule is O=C(Nc1cccc(CO)c1)c1cccnc1Nc1cccc(F)c1. The van der Waals surface area contributed by atoms with Crippen LogP contribution >= 0.6 is 0 Å². The fourth-order valence-electron chi connectivity index (χ4n) is 2.34. The third kappa shape index (κ3) is 4.19. The molecular weight excluding hydrogens is 321 g/mol. The van der Waals surface area contributed by atoms with Crippen LogP contribution in [0.4, 0.5) is 21.6 Å². The molecule has 0 bridgehead atoms. The Morgan fingerprint density at radius 2 is 1.84 bits per heavy atom. The van der Waals surface area contributed by atoms with Crippen LogP contribution in [0.15, 0.2) is 66.9 Å². The van der Waals surface area contributed by atoms with Crippen LogP contribution in [0.5, 0.6) is 0 Å². The highest BCUT2D eigenvalue weighted by atomic mass is 19.1. The lowest BCUT2D eigenvalue weighted by atomic mass is 10.2. The first-order valence-corrected chi connectivity index (χ1v) is 7.64. The van der Waals surface area contributed by atoms with Gasteiger partial charge in [0.25, 0.3) is 5.91 Å². The molecule has 0 aliphatic rings. The lowest BCUT2D eigenvalue weighted by Gasteiger charge is -2.11. The van der Waals surface area contributed by atoms with E-state index in [0.717, 1.165) is 0 Å². The molecule has 1 heterocycles. The van der Waals surface area contributed by atoms with E-state index in [1.165, 1.54) is 12.1 Å². The van der Waals surface area contributed by atoms with Crippen molar-refractivity contribution in [3.8, 4) is 0 Å². The van der Waals surface area contributed by atoms with E-state index in [1.807, 2.05) is 0 Å². The zero-order chi connectivity index (χ0) is 17.6. The number of rotatable bonds is 5. The number of nitrogens with one attached hydrogen (secondary N) is 2. The van der Waals surface area contributed by atoms with E-state index in [4.69, 9.17) is 0 Å². The summed E-state index contributed by atoms with van der Waals surface area (Å²) in [7, 11) is 0. The molecule has 0 aliphatic carbocycles. The fraction of sp³-hybridized carbons (Fsp3) is 0.0526. The van der Waals surface area contributed by atoms with Gasteiger partial charge in [-0.2, -0.15) is 0 Å². The number of hydrogen-bond acceptors (Lipinski definition) is 4. The van der Waals surface area contributed by atoms with Crippen LogP contribution < -0.4 is 10.6 Å². The quantitative estimate of drug-likeness (QED) is 0.663. The van der Waals surface area contributed by atoms with Gasteiger partial charge in [0.15, 0.2) is 0 Å². The van der Waals surface area contributed by atoms with Crippen LogP contribution in [0.25, 0.3) is 0 Å². The highest BCUT2D eigenvalue weighted by molar-refractivity contribution is 6.07. The molecule has 5 nitrogen and oxygen atoms in total. The van der Waals surface area contributed by atoms with E-state index in [9.17, 15) is 14.3 Å². The number of pyridine rings is 1. The number of benzene rings is 2. The van der Waals surface area contributed by atoms with Gasteiger partial charge in [0, 0.05) is 17.6 Å². The molecule has 3 N–H and O–H groups in total. The first-order chi connectivity index (χ1) is 12.2. The molecule has 0 saturated carbocycles. The van der Waals surface area contributed by atoms with Gasteiger partial charge in [-0.15, -0.1) is 0 Å². The number of anilines is 3. The second kappa shape index (κ2) is 7.55. The molecule has 6 heteroatoms. The van der Waals surface area contributed by atoms with Crippen molar-refractivity contribution >= 4 is 23.1 Å². The topological polar surface area (TPSA) is 74.2 Å². The number of carbonyl (C=O) groups excluding carboxylic acids is 1.